The number of benzene rings is 2. The highest BCUT2D eigenvalue weighted by atomic mass is 19.1. The van der Waals surface area contributed by atoms with Crippen LogP contribution in [0.2, 0.25) is 0 Å². The summed E-state index contributed by atoms with van der Waals surface area (Å²) in [4.78, 5) is 30.9. The number of hydrogen-bond acceptors (Lipinski definition) is 5. The van der Waals surface area contributed by atoms with E-state index in [9.17, 15) is 14.0 Å². The van der Waals surface area contributed by atoms with E-state index in [1.165, 1.54) is 29.8 Å². The van der Waals surface area contributed by atoms with Crippen molar-refractivity contribution in [2.24, 2.45) is 0 Å². The van der Waals surface area contributed by atoms with E-state index in [2.05, 4.69) is 22.4 Å². The predicted molar refractivity (Wildman–Crippen MR) is 107 cm³/mol. The van der Waals surface area contributed by atoms with E-state index in [1.807, 2.05) is 24.3 Å². The van der Waals surface area contributed by atoms with Crippen LogP contribution in [0.5, 0.6) is 0 Å². The number of imide groups is 1. The normalized spacial score (nSPS) is 18.7. The van der Waals surface area contributed by atoms with Crippen LogP contribution in [0, 0.1) is 5.82 Å². The Labute approximate surface area is 172 Å². The van der Waals surface area contributed by atoms with Gasteiger partial charge >= 0.3 is 6.03 Å². The molecule has 2 heterocycles. The molecule has 7 nitrogen and oxygen atoms in total. The number of carbonyl (C=O) groups excluding carboxylic acids is 2. The van der Waals surface area contributed by atoms with Crippen molar-refractivity contribution in [1.29, 1.82) is 0 Å². The number of rotatable bonds is 6. The van der Waals surface area contributed by atoms with Gasteiger partial charge in [0.15, 0.2) is 0 Å². The van der Waals surface area contributed by atoms with Gasteiger partial charge in [0.05, 0.1) is 0 Å². The van der Waals surface area contributed by atoms with E-state index in [-0.39, 0.29) is 24.1 Å². The van der Waals surface area contributed by atoms with E-state index in [0.29, 0.717) is 11.1 Å². The second-order valence-electron chi connectivity index (χ2n) is 7.41. The average molecular weight is 408 g/mol. The van der Waals surface area contributed by atoms with Crippen LogP contribution in [0.15, 0.2) is 53.1 Å². The fourth-order valence-electron chi connectivity index (χ4n) is 3.50. The highest BCUT2D eigenvalue weighted by Gasteiger charge is 2.49. The Balaban J connectivity index is 1.52. The first-order valence-corrected chi connectivity index (χ1v) is 9.73. The van der Waals surface area contributed by atoms with Crippen molar-refractivity contribution in [1.82, 2.24) is 20.4 Å². The fraction of sp³-hybridized carbons (Fsp3) is 0.273. The summed E-state index contributed by atoms with van der Waals surface area (Å²) < 4.78 is 18.3. The smallest absolute Gasteiger partial charge is 0.325 e. The molecule has 1 atom stereocenters. The fourth-order valence-corrected chi connectivity index (χ4v) is 3.50. The van der Waals surface area contributed by atoms with Crippen LogP contribution in [-0.4, -0.2) is 27.0 Å². The first-order chi connectivity index (χ1) is 14.4. The topological polar surface area (TPSA) is 88.3 Å². The lowest BCUT2D eigenvalue weighted by molar-refractivity contribution is -0.131. The van der Waals surface area contributed by atoms with Crippen LogP contribution in [-0.2, 0) is 23.3 Å². The summed E-state index contributed by atoms with van der Waals surface area (Å²) in [6, 6.07) is 12.8. The van der Waals surface area contributed by atoms with Crippen molar-refractivity contribution in [3.63, 3.8) is 0 Å². The number of carbonyl (C=O) groups is 2. The number of halogens is 1. The lowest BCUT2D eigenvalue weighted by Gasteiger charge is -2.22. The Morgan fingerprint density at radius 1 is 1.10 bits per heavy atom. The highest BCUT2D eigenvalue weighted by Crippen LogP contribution is 2.30. The first-order valence-electron chi connectivity index (χ1n) is 9.73. The zero-order chi connectivity index (χ0) is 21.3. The Morgan fingerprint density at radius 3 is 2.47 bits per heavy atom. The summed E-state index contributed by atoms with van der Waals surface area (Å²) in [6.07, 6.45) is 1.99. The summed E-state index contributed by atoms with van der Waals surface area (Å²) in [5.41, 5.74) is 1.29. The number of urea groups is 1. The lowest BCUT2D eigenvalue weighted by atomic mass is 9.91. The predicted octanol–water partition coefficient (Wildman–Crippen LogP) is 3.80. The largest absolute Gasteiger partial charge is 0.337 e. The van der Waals surface area contributed by atoms with Gasteiger partial charge in [-0.2, -0.15) is 4.98 Å². The number of nitrogens with one attached hydrogen (secondary N) is 1. The van der Waals surface area contributed by atoms with Gasteiger partial charge in [-0.1, -0.05) is 42.8 Å². The molecule has 1 aliphatic heterocycles. The molecule has 1 unspecified atom stereocenters. The zero-order valence-electron chi connectivity index (χ0n) is 16.7. The molecule has 8 heteroatoms. The molecule has 2 aromatic carbocycles. The minimum Gasteiger partial charge on any atom is -0.337 e. The summed E-state index contributed by atoms with van der Waals surface area (Å²) in [5, 5.41) is 6.62. The van der Waals surface area contributed by atoms with Gasteiger partial charge < -0.3 is 9.84 Å². The van der Waals surface area contributed by atoms with Gasteiger partial charge in [-0.3, -0.25) is 9.69 Å². The number of nitrogens with zero attached hydrogens (tertiary/aromatic N) is 3. The third-order valence-corrected chi connectivity index (χ3v) is 5.21. The van der Waals surface area contributed by atoms with Crippen molar-refractivity contribution in [3.05, 3.63) is 71.4 Å². The maximum atomic E-state index is 13.1. The molecule has 3 aromatic rings. The molecule has 4 rings (SSSR count). The van der Waals surface area contributed by atoms with Gasteiger partial charge in [0, 0.05) is 5.56 Å². The number of aryl methyl sites for hydroxylation is 1. The molecular formula is C22H21FN4O3. The maximum Gasteiger partial charge on any atom is 0.325 e. The molecule has 0 spiro atoms. The third kappa shape index (κ3) is 3.56. The number of aromatic nitrogens is 2. The highest BCUT2D eigenvalue weighted by molar-refractivity contribution is 6.07. The van der Waals surface area contributed by atoms with E-state index in [4.69, 9.17) is 4.52 Å². The van der Waals surface area contributed by atoms with E-state index < -0.39 is 17.5 Å². The second kappa shape index (κ2) is 7.70. The van der Waals surface area contributed by atoms with Crippen molar-refractivity contribution in [2.45, 2.75) is 38.8 Å². The van der Waals surface area contributed by atoms with Crippen LogP contribution in [0.1, 0.15) is 37.3 Å². The molecule has 3 amide bonds. The summed E-state index contributed by atoms with van der Waals surface area (Å²) in [7, 11) is 0. The standard InChI is InChI=1S/C22H21FN4O3/c1-3-4-14-5-9-16(10-6-14)22(2)20(28)27(21(29)25-22)13-18-24-19(26-30-18)15-7-11-17(23)12-8-15/h5-12H,3-4,13H2,1-2H3,(H,25,29). The Kier molecular flexibility index (Phi) is 5.07. The SMILES string of the molecule is CCCc1ccc(C2(C)NC(=O)N(Cc3nc(-c4ccc(F)cc4)no3)C2=O)cc1. The molecule has 1 N–H and O–H groups in total. The third-order valence-electron chi connectivity index (χ3n) is 5.21. The number of hydrogen-bond donors (Lipinski definition) is 1. The van der Waals surface area contributed by atoms with Crippen LogP contribution >= 0.6 is 0 Å². The zero-order valence-corrected chi connectivity index (χ0v) is 16.7. The summed E-state index contributed by atoms with van der Waals surface area (Å²) >= 11 is 0. The molecular weight excluding hydrogens is 387 g/mol. The molecule has 0 radical (unpaired) electrons. The van der Waals surface area contributed by atoms with Crippen LogP contribution in [0.4, 0.5) is 9.18 Å². The Bertz CT molecular complexity index is 1080. The van der Waals surface area contributed by atoms with Crippen LogP contribution in [0.3, 0.4) is 0 Å². The molecule has 1 saturated heterocycles. The first kappa shape index (κ1) is 19.8. The molecule has 154 valence electrons. The average Bonchev–Trinajstić information content (AvgIpc) is 3.29. The molecule has 1 aliphatic rings. The van der Waals surface area contributed by atoms with E-state index in [1.54, 1.807) is 6.92 Å². The lowest BCUT2D eigenvalue weighted by Crippen LogP contribution is -2.40. The Morgan fingerprint density at radius 2 is 1.80 bits per heavy atom. The minimum absolute atomic E-state index is 0.111. The molecule has 1 fully saturated rings. The molecule has 1 aromatic heterocycles. The molecule has 0 saturated carbocycles. The van der Waals surface area contributed by atoms with Crippen LogP contribution in [0.25, 0.3) is 11.4 Å². The Hall–Kier alpha value is -3.55. The van der Waals surface area contributed by atoms with E-state index >= 15 is 0 Å². The van der Waals surface area contributed by atoms with Crippen molar-refractivity contribution >= 4 is 11.9 Å². The summed E-state index contributed by atoms with van der Waals surface area (Å²) in [5.74, 6) is -0.396. The van der Waals surface area contributed by atoms with Gasteiger partial charge in [0.25, 0.3) is 5.91 Å². The van der Waals surface area contributed by atoms with E-state index in [0.717, 1.165) is 17.7 Å². The maximum absolute atomic E-state index is 13.1. The quantitative estimate of drug-likeness (QED) is 0.627. The molecule has 0 aliphatic carbocycles. The minimum atomic E-state index is -1.17. The molecule has 30 heavy (non-hydrogen) atoms. The molecule has 0 bridgehead atoms. The van der Waals surface area contributed by atoms with Crippen molar-refractivity contribution in [2.75, 3.05) is 0 Å². The van der Waals surface area contributed by atoms with Crippen molar-refractivity contribution in [3.8, 4) is 11.4 Å². The van der Waals surface area contributed by atoms with Gasteiger partial charge in [-0.05, 0) is 48.7 Å². The van der Waals surface area contributed by atoms with Gasteiger partial charge in [0.1, 0.15) is 17.9 Å². The van der Waals surface area contributed by atoms with Gasteiger partial charge in [-0.15, -0.1) is 0 Å². The van der Waals surface area contributed by atoms with Crippen LogP contribution < -0.4 is 5.32 Å². The summed E-state index contributed by atoms with van der Waals surface area (Å²) in [6.45, 7) is 3.63. The van der Waals surface area contributed by atoms with Gasteiger partial charge in [0.2, 0.25) is 11.7 Å². The second-order valence-corrected chi connectivity index (χ2v) is 7.41. The monoisotopic (exact) mass is 408 g/mol. The number of amides is 3. The van der Waals surface area contributed by atoms with Gasteiger partial charge in [-0.25, -0.2) is 9.18 Å². The van der Waals surface area contributed by atoms with Crippen molar-refractivity contribution < 1.29 is 18.5 Å².